The molecule has 0 amide bonds. The second-order valence-electron chi connectivity index (χ2n) is 7.38. The number of rotatable bonds is 2. The summed E-state index contributed by atoms with van der Waals surface area (Å²) in [6, 6.07) is 14.3. The van der Waals surface area contributed by atoms with Crippen molar-refractivity contribution in [2.75, 3.05) is 39.1 Å². The maximum absolute atomic E-state index is 10.0. The van der Waals surface area contributed by atoms with E-state index in [0.717, 1.165) is 16.8 Å². The molecule has 1 aromatic rings. The highest BCUT2D eigenvalue weighted by molar-refractivity contribution is 5.60. The Bertz CT molecular complexity index is 919. The van der Waals surface area contributed by atoms with Gasteiger partial charge in [0.1, 0.15) is 6.07 Å². The summed E-state index contributed by atoms with van der Waals surface area (Å²) in [5.74, 6) is -0.579. The maximum Gasteiger partial charge on any atom is 0.191 e. The van der Waals surface area contributed by atoms with Crippen molar-refractivity contribution in [3.05, 3.63) is 52.7 Å². The SMILES string of the molecule is CN1CC=C2C(C#N)=C(N)C(C#N)(C#N)[C@@H](c3ccc(N(C)C)cc3)[C@@H]2C1. The van der Waals surface area contributed by atoms with Crippen LogP contribution in [0.15, 0.2) is 47.2 Å². The number of benzene rings is 1. The van der Waals surface area contributed by atoms with E-state index in [4.69, 9.17) is 5.73 Å². The molecule has 0 saturated heterocycles. The number of nitrogens with two attached hydrogens (primary N) is 1. The molecule has 136 valence electrons. The monoisotopic (exact) mass is 358 g/mol. The fourth-order valence-electron chi connectivity index (χ4n) is 4.18. The van der Waals surface area contributed by atoms with Gasteiger partial charge in [-0.2, -0.15) is 15.8 Å². The van der Waals surface area contributed by atoms with Crippen LogP contribution in [0.4, 0.5) is 5.69 Å². The number of likely N-dealkylation sites (N-methyl/N-ethyl adjacent to an activating group) is 1. The lowest BCUT2D eigenvalue weighted by Crippen LogP contribution is -2.47. The Morgan fingerprint density at radius 2 is 1.78 bits per heavy atom. The van der Waals surface area contributed by atoms with Crippen molar-refractivity contribution in [2.45, 2.75) is 5.92 Å². The van der Waals surface area contributed by atoms with Crippen molar-refractivity contribution in [3.8, 4) is 18.2 Å². The fourth-order valence-corrected chi connectivity index (χ4v) is 4.18. The highest BCUT2D eigenvalue weighted by Gasteiger charge is 2.54. The number of anilines is 1. The molecule has 0 bridgehead atoms. The van der Waals surface area contributed by atoms with Crippen molar-refractivity contribution in [1.82, 2.24) is 4.90 Å². The van der Waals surface area contributed by atoms with Crippen molar-refractivity contribution >= 4 is 5.69 Å². The zero-order valence-electron chi connectivity index (χ0n) is 15.8. The van der Waals surface area contributed by atoms with Crippen molar-refractivity contribution < 1.29 is 0 Å². The van der Waals surface area contributed by atoms with Gasteiger partial charge >= 0.3 is 0 Å². The minimum Gasteiger partial charge on any atom is -0.399 e. The third-order valence-electron chi connectivity index (χ3n) is 5.62. The number of nitrogens with zero attached hydrogens (tertiary/aromatic N) is 5. The smallest absolute Gasteiger partial charge is 0.191 e. The predicted octanol–water partition coefficient (Wildman–Crippen LogP) is 2.11. The standard InChI is InChI=1S/C21H22N6/c1-26(2)15-6-4-14(5-7-15)19-18-11-27(3)9-8-16(18)17(10-22)20(25)21(19,12-23)13-24/h4-8,18-19H,9,11,25H2,1-3H3/t18-,19+/m1/s1. The summed E-state index contributed by atoms with van der Waals surface area (Å²) in [5.41, 5.74) is 7.86. The highest BCUT2D eigenvalue weighted by atomic mass is 15.1. The molecule has 1 aliphatic heterocycles. The Hall–Kier alpha value is -3.27. The highest BCUT2D eigenvalue weighted by Crippen LogP contribution is 2.54. The van der Waals surface area contributed by atoms with Gasteiger partial charge in [0.15, 0.2) is 5.41 Å². The fraction of sp³-hybridized carbons (Fsp3) is 0.381. The molecule has 6 heteroatoms. The van der Waals surface area contributed by atoms with Gasteiger partial charge in [-0.3, -0.25) is 0 Å². The molecule has 2 N–H and O–H groups in total. The molecule has 1 aliphatic carbocycles. The van der Waals surface area contributed by atoms with E-state index in [-0.39, 0.29) is 17.2 Å². The summed E-state index contributed by atoms with van der Waals surface area (Å²) in [4.78, 5) is 4.12. The molecule has 1 heterocycles. The Kier molecular flexibility index (Phi) is 4.66. The first-order chi connectivity index (χ1) is 12.9. The van der Waals surface area contributed by atoms with Crippen LogP contribution in [0.3, 0.4) is 0 Å². The molecular formula is C21H22N6. The van der Waals surface area contributed by atoms with Crippen LogP contribution < -0.4 is 10.6 Å². The zero-order valence-corrected chi connectivity index (χ0v) is 15.8. The van der Waals surface area contributed by atoms with Crippen molar-refractivity contribution in [1.29, 1.82) is 15.8 Å². The van der Waals surface area contributed by atoms with Crippen LogP contribution in [0, 0.1) is 45.3 Å². The Morgan fingerprint density at radius 3 is 2.30 bits per heavy atom. The second kappa shape index (κ2) is 6.80. The maximum atomic E-state index is 10.0. The minimum absolute atomic E-state index is 0.0729. The molecule has 6 nitrogen and oxygen atoms in total. The first-order valence-corrected chi connectivity index (χ1v) is 8.78. The molecule has 0 spiro atoms. The normalized spacial score (nSPS) is 24.1. The average molecular weight is 358 g/mol. The molecule has 27 heavy (non-hydrogen) atoms. The van der Waals surface area contributed by atoms with E-state index in [1.165, 1.54) is 0 Å². The quantitative estimate of drug-likeness (QED) is 0.868. The molecule has 3 rings (SSSR count). The number of fused-ring (bicyclic) bond motifs is 1. The predicted molar refractivity (Wildman–Crippen MR) is 103 cm³/mol. The van der Waals surface area contributed by atoms with Gasteiger partial charge in [0.05, 0.1) is 23.4 Å². The molecule has 2 atom stereocenters. The summed E-state index contributed by atoms with van der Waals surface area (Å²) in [7, 11) is 5.91. The summed E-state index contributed by atoms with van der Waals surface area (Å²) in [6.07, 6.45) is 2.00. The lowest BCUT2D eigenvalue weighted by atomic mass is 9.58. The molecular weight excluding hydrogens is 336 g/mol. The van der Waals surface area contributed by atoms with Gasteiger partial charge in [-0.05, 0) is 30.3 Å². The van der Waals surface area contributed by atoms with Gasteiger partial charge < -0.3 is 15.5 Å². The third kappa shape index (κ3) is 2.74. The Morgan fingerprint density at radius 1 is 1.15 bits per heavy atom. The summed E-state index contributed by atoms with van der Waals surface area (Å²) < 4.78 is 0. The number of allylic oxidation sites excluding steroid dienone is 2. The van der Waals surface area contributed by atoms with Gasteiger partial charge in [0, 0.05) is 44.7 Å². The first-order valence-electron chi connectivity index (χ1n) is 8.78. The zero-order chi connectivity index (χ0) is 19.8. The van der Waals surface area contributed by atoms with Crippen LogP contribution in [0.5, 0.6) is 0 Å². The largest absolute Gasteiger partial charge is 0.399 e. The molecule has 1 aromatic carbocycles. The average Bonchev–Trinajstić information content (AvgIpc) is 2.67. The van der Waals surface area contributed by atoms with Crippen LogP contribution in [-0.2, 0) is 0 Å². The van der Waals surface area contributed by atoms with Crippen LogP contribution in [0.2, 0.25) is 0 Å². The van der Waals surface area contributed by atoms with E-state index in [9.17, 15) is 15.8 Å². The molecule has 0 aromatic heterocycles. The topological polar surface area (TPSA) is 104 Å². The van der Waals surface area contributed by atoms with Crippen molar-refractivity contribution in [3.63, 3.8) is 0 Å². The van der Waals surface area contributed by atoms with E-state index in [1.54, 1.807) is 0 Å². The lowest BCUT2D eigenvalue weighted by molar-refractivity contribution is 0.237. The van der Waals surface area contributed by atoms with E-state index in [1.807, 2.05) is 56.4 Å². The van der Waals surface area contributed by atoms with Gasteiger partial charge in [0.2, 0.25) is 0 Å². The Labute approximate surface area is 160 Å². The van der Waals surface area contributed by atoms with E-state index >= 15 is 0 Å². The summed E-state index contributed by atoms with van der Waals surface area (Å²) >= 11 is 0. The summed E-state index contributed by atoms with van der Waals surface area (Å²) in [5, 5.41) is 29.7. The number of hydrogen-bond acceptors (Lipinski definition) is 6. The number of nitriles is 3. The second-order valence-corrected chi connectivity index (χ2v) is 7.38. The van der Waals surface area contributed by atoms with Crippen LogP contribution in [0.1, 0.15) is 11.5 Å². The van der Waals surface area contributed by atoms with Gasteiger partial charge in [-0.25, -0.2) is 0 Å². The van der Waals surface area contributed by atoms with Gasteiger partial charge in [-0.1, -0.05) is 18.2 Å². The van der Waals surface area contributed by atoms with E-state index in [0.29, 0.717) is 13.1 Å². The van der Waals surface area contributed by atoms with Crippen molar-refractivity contribution in [2.24, 2.45) is 17.1 Å². The third-order valence-corrected chi connectivity index (χ3v) is 5.62. The Balaban J connectivity index is 2.26. The van der Waals surface area contributed by atoms with E-state index < -0.39 is 11.3 Å². The van der Waals surface area contributed by atoms with Crippen LogP contribution in [0.25, 0.3) is 0 Å². The molecule has 0 saturated carbocycles. The molecule has 0 radical (unpaired) electrons. The lowest BCUT2D eigenvalue weighted by Gasteiger charge is -2.45. The van der Waals surface area contributed by atoms with Gasteiger partial charge in [-0.15, -0.1) is 0 Å². The molecule has 2 aliphatic rings. The minimum atomic E-state index is -1.56. The van der Waals surface area contributed by atoms with Crippen LogP contribution >= 0.6 is 0 Å². The van der Waals surface area contributed by atoms with Crippen LogP contribution in [-0.4, -0.2) is 39.1 Å². The first kappa shape index (κ1) is 18.5. The summed E-state index contributed by atoms with van der Waals surface area (Å²) in [6.45, 7) is 1.37. The number of hydrogen-bond donors (Lipinski definition) is 1. The molecule has 0 fully saturated rings. The molecule has 0 unspecified atom stereocenters. The van der Waals surface area contributed by atoms with E-state index in [2.05, 4.69) is 23.1 Å². The van der Waals surface area contributed by atoms with Gasteiger partial charge in [0.25, 0.3) is 0 Å².